The van der Waals surface area contributed by atoms with E-state index in [0.717, 1.165) is 0 Å². The predicted molar refractivity (Wildman–Crippen MR) is 78.9 cm³/mol. The summed E-state index contributed by atoms with van der Waals surface area (Å²) in [5.41, 5.74) is 0.446. The molecular formula is C13H8Cl3NO3. The van der Waals surface area contributed by atoms with Crippen molar-refractivity contribution in [2.75, 3.05) is 0 Å². The van der Waals surface area contributed by atoms with Gasteiger partial charge in [-0.3, -0.25) is 10.1 Å². The molecule has 2 aromatic carbocycles. The van der Waals surface area contributed by atoms with Gasteiger partial charge < -0.3 is 4.74 Å². The quantitative estimate of drug-likeness (QED) is 0.576. The average molecular weight is 333 g/mol. The molecule has 0 N–H and O–H groups in total. The van der Waals surface area contributed by atoms with Gasteiger partial charge in [0.15, 0.2) is 0 Å². The Hall–Kier alpha value is -1.49. The number of nitrogens with zero attached hydrogens (tertiary/aromatic N) is 1. The number of ether oxygens (including phenoxy) is 1. The lowest BCUT2D eigenvalue weighted by molar-refractivity contribution is -0.384. The monoisotopic (exact) mass is 331 g/mol. The van der Waals surface area contributed by atoms with Crippen molar-refractivity contribution in [1.82, 2.24) is 0 Å². The van der Waals surface area contributed by atoms with Gasteiger partial charge in [0.25, 0.3) is 5.69 Å². The van der Waals surface area contributed by atoms with E-state index in [9.17, 15) is 10.1 Å². The molecule has 0 spiro atoms. The fourth-order valence-electron chi connectivity index (χ4n) is 1.54. The van der Waals surface area contributed by atoms with Gasteiger partial charge in [-0.15, -0.1) is 0 Å². The standard InChI is InChI=1S/C13H8Cl3NO3/c14-10-5-4-9(17(18)19)6-8(10)7-20-12-3-1-2-11(15)13(12)16/h1-6H,7H2. The van der Waals surface area contributed by atoms with E-state index >= 15 is 0 Å². The fourth-order valence-corrected chi connectivity index (χ4v) is 2.05. The Morgan fingerprint density at radius 1 is 1.10 bits per heavy atom. The van der Waals surface area contributed by atoms with E-state index in [1.165, 1.54) is 18.2 Å². The molecule has 20 heavy (non-hydrogen) atoms. The SMILES string of the molecule is O=[N+]([O-])c1ccc(Cl)c(COc2cccc(Cl)c2Cl)c1. The van der Waals surface area contributed by atoms with Gasteiger partial charge in [-0.2, -0.15) is 0 Å². The molecule has 7 heteroatoms. The summed E-state index contributed by atoms with van der Waals surface area (Å²) >= 11 is 17.8. The largest absolute Gasteiger partial charge is 0.487 e. The zero-order valence-electron chi connectivity index (χ0n) is 9.98. The van der Waals surface area contributed by atoms with Crippen LogP contribution in [0.5, 0.6) is 5.75 Å². The van der Waals surface area contributed by atoms with E-state index in [0.29, 0.717) is 21.4 Å². The molecule has 0 saturated heterocycles. The third-order valence-corrected chi connectivity index (χ3v) is 3.71. The maximum Gasteiger partial charge on any atom is 0.269 e. The highest BCUT2D eigenvalue weighted by Gasteiger charge is 2.11. The third kappa shape index (κ3) is 3.33. The molecule has 0 saturated carbocycles. The molecule has 0 aliphatic rings. The minimum Gasteiger partial charge on any atom is -0.487 e. The van der Waals surface area contributed by atoms with Gasteiger partial charge >= 0.3 is 0 Å². The summed E-state index contributed by atoms with van der Waals surface area (Å²) in [4.78, 5) is 10.2. The van der Waals surface area contributed by atoms with Gasteiger partial charge in [-0.1, -0.05) is 40.9 Å². The first kappa shape index (κ1) is 14.9. The Balaban J connectivity index is 2.20. The molecule has 0 aliphatic carbocycles. The number of halogens is 3. The van der Waals surface area contributed by atoms with E-state index in [4.69, 9.17) is 39.5 Å². The third-order valence-electron chi connectivity index (χ3n) is 2.54. The van der Waals surface area contributed by atoms with Crippen LogP contribution in [0.4, 0.5) is 5.69 Å². The topological polar surface area (TPSA) is 52.4 Å². The second-order valence-corrected chi connectivity index (χ2v) is 5.07. The highest BCUT2D eigenvalue weighted by molar-refractivity contribution is 6.42. The van der Waals surface area contributed by atoms with Crippen molar-refractivity contribution >= 4 is 40.5 Å². The molecular weight excluding hydrogens is 325 g/mol. The highest BCUT2D eigenvalue weighted by atomic mass is 35.5. The molecule has 0 fully saturated rings. The Morgan fingerprint density at radius 3 is 2.55 bits per heavy atom. The first-order valence-electron chi connectivity index (χ1n) is 5.48. The van der Waals surface area contributed by atoms with Gasteiger partial charge in [-0.05, 0) is 18.2 Å². The molecule has 4 nitrogen and oxygen atoms in total. The van der Waals surface area contributed by atoms with Crippen LogP contribution in [0.2, 0.25) is 15.1 Å². The minimum atomic E-state index is -0.494. The van der Waals surface area contributed by atoms with Gasteiger partial charge in [-0.25, -0.2) is 0 Å². The summed E-state index contributed by atoms with van der Waals surface area (Å²) in [5.74, 6) is 0.390. The minimum absolute atomic E-state index is 0.0507. The van der Waals surface area contributed by atoms with Crippen molar-refractivity contribution in [3.05, 3.63) is 67.1 Å². The van der Waals surface area contributed by atoms with Crippen LogP contribution in [0.15, 0.2) is 36.4 Å². The number of nitro benzene ring substituents is 1. The van der Waals surface area contributed by atoms with Crippen LogP contribution >= 0.6 is 34.8 Å². The summed E-state index contributed by atoms with van der Waals surface area (Å²) in [6.07, 6.45) is 0. The summed E-state index contributed by atoms with van der Waals surface area (Å²) in [5, 5.41) is 11.8. The molecule has 0 aliphatic heterocycles. The number of benzene rings is 2. The van der Waals surface area contributed by atoms with E-state index in [2.05, 4.69) is 0 Å². The zero-order valence-corrected chi connectivity index (χ0v) is 12.2. The second-order valence-electron chi connectivity index (χ2n) is 3.87. The van der Waals surface area contributed by atoms with Crippen LogP contribution in [-0.2, 0) is 6.61 Å². The van der Waals surface area contributed by atoms with E-state index in [1.54, 1.807) is 18.2 Å². The van der Waals surface area contributed by atoms with Crippen molar-refractivity contribution in [2.24, 2.45) is 0 Å². The number of rotatable bonds is 4. The Morgan fingerprint density at radius 2 is 1.85 bits per heavy atom. The summed E-state index contributed by atoms with van der Waals surface area (Å²) in [7, 11) is 0. The molecule has 0 aromatic heterocycles. The lowest BCUT2D eigenvalue weighted by atomic mass is 10.2. The Labute approximate surface area is 130 Å². The molecule has 0 bridgehead atoms. The Bertz CT molecular complexity index is 661. The molecule has 104 valence electrons. The van der Waals surface area contributed by atoms with Crippen molar-refractivity contribution in [1.29, 1.82) is 0 Å². The average Bonchev–Trinajstić information content (AvgIpc) is 2.41. The van der Waals surface area contributed by atoms with Gasteiger partial charge in [0, 0.05) is 22.7 Å². The first-order chi connectivity index (χ1) is 9.49. The molecule has 0 heterocycles. The lowest BCUT2D eigenvalue weighted by Crippen LogP contribution is -1.98. The van der Waals surface area contributed by atoms with E-state index < -0.39 is 4.92 Å². The fraction of sp³-hybridized carbons (Fsp3) is 0.0769. The summed E-state index contributed by atoms with van der Waals surface area (Å²) < 4.78 is 5.50. The first-order valence-corrected chi connectivity index (χ1v) is 6.62. The van der Waals surface area contributed by atoms with Gasteiger partial charge in [0.2, 0.25) is 0 Å². The maximum absolute atomic E-state index is 10.7. The van der Waals surface area contributed by atoms with Crippen molar-refractivity contribution in [2.45, 2.75) is 6.61 Å². The van der Waals surface area contributed by atoms with E-state index in [1.807, 2.05) is 0 Å². The number of hydrogen-bond acceptors (Lipinski definition) is 3. The zero-order chi connectivity index (χ0) is 14.7. The second kappa shape index (κ2) is 6.31. The summed E-state index contributed by atoms with van der Waals surface area (Å²) in [6.45, 7) is 0.0561. The Kier molecular flexibility index (Phi) is 4.70. The molecule has 2 aromatic rings. The van der Waals surface area contributed by atoms with Crippen LogP contribution in [0.3, 0.4) is 0 Å². The van der Waals surface area contributed by atoms with Crippen LogP contribution in [0.1, 0.15) is 5.56 Å². The van der Waals surface area contributed by atoms with Crippen LogP contribution in [-0.4, -0.2) is 4.92 Å². The number of hydrogen-bond donors (Lipinski definition) is 0. The van der Waals surface area contributed by atoms with Crippen molar-refractivity contribution in [3.63, 3.8) is 0 Å². The number of nitro groups is 1. The normalized spacial score (nSPS) is 10.3. The number of non-ortho nitro benzene ring substituents is 1. The predicted octanol–water partition coefficient (Wildman–Crippen LogP) is 5.13. The van der Waals surface area contributed by atoms with Gasteiger partial charge in [0.1, 0.15) is 17.4 Å². The van der Waals surface area contributed by atoms with E-state index in [-0.39, 0.29) is 17.3 Å². The molecule has 0 radical (unpaired) electrons. The van der Waals surface area contributed by atoms with Gasteiger partial charge in [0.05, 0.1) is 9.95 Å². The highest BCUT2D eigenvalue weighted by Crippen LogP contribution is 2.32. The summed E-state index contributed by atoms with van der Waals surface area (Å²) in [6, 6.07) is 9.13. The molecule has 0 atom stereocenters. The maximum atomic E-state index is 10.7. The molecule has 0 amide bonds. The van der Waals surface area contributed by atoms with Crippen molar-refractivity contribution in [3.8, 4) is 5.75 Å². The molecule has 2 rings (SSSR count). The van der Waals surface area contributed by atoms with Crippen molar-refractivity contribution < 1.29 is 9.66 Å². The lowest BCUT2D eigenvalue weighted by Gasteiger charge is -2.09. The smallest absolute Gasteiger partial charge is 0.269 e. The molecule has 0 unspecified atom stereocenters. The van der Waals surface area contributed by atoms with Crippen LogP contribution < -0.4 is 4.74 Å². The van der Waals surface area contributed by atoms with Crippen LogP contribution in [0, 0.1) is 10.1 Å². The van der Waals surface area contributed by atoms with Crippen LogP contribution in [0.25, 0.3) is 0 Å².